The minimum atomic E-state index is -0.459. The summed E-state index contributed by atoms with van der Waals surface area (Å²) in [5, 5.41) is 0. The van der Waals surface area contributed by atoms with Crippen molar-refractivity contribution in [2.45, 2.75) is 110 Å². The molecule has 0 aromatic heterocycles. The quantitative estimate of drug-likeness (QED) is 0.440. The van der Waals surface area contributed by atoms with E-state index in [9.17, 15) is 0 Å². The molecule has 2 radical (unpaired) electrons. The first-order chi connectivity index (χ1) is 13.6. The van der Waals surface area contributed by atoms with E-state index in [1.54, 1.807) is 0 Å². The summed E-state index contributed by atoms with van der Waals surface area (Å²) in [6.45, 7) is 16.2. The molecule has 192 valence electrons. The Morgan fingerprint density at radius 2 is 1.47 bits per heavy atom. The van der Waals surface area contributed by atoms with Crippen LogP contribution in [0.3, 0.4) is 0 Å². The molecule has 5 aliphatic rings. The Hall–Kier alpha value is 0.893. The van der Waals surface area contributed by atoms with Gasteiger partial charge in [-0.25, -0.2) is 0 Å². The average molecular weight is 536 g/mol. The molecule has 0 aromatic rings. The summed E-state index contributed by atoms with van der Waals surface area (Å²) in [7, 11) is 0. The van der Waals surface area contributed by atoms with Crippen molar-refractivity contribution in [3.8, 4) is 0 Å². The summed E-state index contributed by atoms with van der Waals surface area (Å²) in [6.07, 6.45) is 10.6. The fourth-order valence-electron chi connectivity index (χ4n) is 9.39. The Morgan fingerprint density at radius 1 is 0.875 bits per heavy atom. The summed E-state index contributed by atoms with van der Waals surface area (Å²) in [6, 6.07) is 0.334. The van der Waals surface area contributed by atoms with Crippen LogP contribution in [0.1, 0.15) is 86.0 Å². The van der Waals surface area contributed by atoms with E-state index < -0.39 is 5.79 Å². The van der Waals surface area contributed by atoms with Gasteiger partial charge in [0, 0.05) is 39.6 Å². The fraction of sp³-hybridized carbons (Fsp3) is 0.926. The van der Waals surface area contributed by atoms with Gasteiger partial charge in [-0.15, -0.1) is 0 Å². The van der Waals surface area contributed by atoms with Gasteiger partial charge < -0.3 is 29.6 Å². The van der Waals surface area contributed by atoms with Crippen LogP contribution < -0.4 is 5.73 Å². The predicted octanol–water partition coefficient (Wildman–Crippen LogP) is 6.02. The van der Waals surface area contributed by atoms with Crippen molar-refractivity contribution in [1.82, 2.24) is 0 Å². The molecule has 0 bridgehead atoms. The van der Waals surface area contributed by atoms with E-state index in [1.807, 2.05) is 0 Å². The first kappa shape index (κ1) is 29.1. The molecule has 5 rings (SSSR count). The molecule has 0 aromatic carbocycles. The Labute approximate surface area is 218 Å². The summed E-state index contributed by atoms with van der Waals surface area (Å²) in [5.74, 6) is 3.85. The third-order valence-electron chi connectivity index (χ3n) is 10.8. The Bertz CT molecular complexity index is 660. The Kier molecular flexibility index (Phi) is 8.87. The standard InChI is InChI=1S/C26H44NO2.CH3.2Co/c1-7-15(2)17-8-9-18-21-19(11-13-25(17,18)5)26(6)12-10-16(27)14-20(26)22-23(21)29-24(3,4)28-22;;;/h15-23H,1,7-14,27H2,2-6H3;1H3;;/q2*-1;;/t15-,16+,17-,18?,19?,20?,21?,22-,23-,25-,26-;;;/m1.../s1. The largest absolute Gasteiger partial charge is 0.358 e. The third-order valence-corrected chi connectivity index (χ3v) is 10.8. The van der Waals surface area contributed by atoms with Gasteiger partial charge in [-0.3, -0.25) is 0 Å². The Morgan fingerprint density at radius 3 is 2.12 bits per heavy atom. The molecule has 2 N–H and O–H groups in total. The average Bonchev–Trinajstić information content (AvgIpc) is 3.18. The summed E-state index contributed by atoms with van der Waals surface area (Å²) < 4.78 is 13.4. The molecule has 1 aliphatic heterocycles. The molecule has 1 heterocycles. The topological polar surface area (TPSA) is 44.5 Å². The fourth-order valence-corrected chi connectivity index (χ4v) is 9.39. The molecular formula is C27H47Co2NO2-2. The summed E-state index contributed by atoms with van der Waals surface area (Å²) >= 11 is 0. The van der Waals surface area contributed by atoms with Crippen molar-refractivity contribution in [3.05, 3.63) is 14.4 Å². The second-order valence-corrected chi connectivity index (χ2v) is 12.5. The van der Waals surface area contributed by atoms with Crippen LogP contribution in [0.5, 0.6) is 0 Å². The van der Waals surface area contributed by atoms with E-state index in [-0.39, 0.29) is 53.2 Å². The van der Waals surface area contributed by atoms with Crippen molar-refractivity contribution >= 4 is 0 Å². The minimum Gasteiger partial charge on any atom is -0.358 e. The van der Waals surface area contributed by atoms with E-state index in [0.29, 0.717) is 28.7 Å². The molecule has 5 fully saturated rings. The predicted molar refractivity (Wildman–Crippen MR) is 123 cm³/mol. The van der Waals surface area contributed by atoms with Gasteiger partial charge in [0.1, 0.15) is 0 Å². The summed E-state index contributed by atoms with van der Waals surface area (Å²) in [4.78, 5) is 0. The second-order valence-electron chi connectivity index (χ2n) is 12.5. The zero-order valence-electron chi connectivity index (χ0n) is 21.1. The van der Waals surface area contributed by atoms with Crippen molar-refractivity contribution in [1.29, 1.82) is 0 Å². The van der Waals surface area contributed by atoms with Gasteiger partial charge in [0.2, 0.25) is 0 Å². The number of hydrogen-bond donors (Lipinski definition) is 1. The first-order valence-electron chi connectivity index (χ1n) is 12.5. The molecule has 11 atom stereocenters. The maximum absolute atomic E-state index is 6.75. The zero-order valence-corrected chi connectivity index (χ0v) is 23.2. The van der Waals surface area contributed by atoms with Gasteiger partial charge in [-0.2, -0.15) is 6.42 Å². The van der Waals surface area contributed by atoms with Gasteiger partial charge >= 0.3 is 0 Å². The third kappa shape index (κ3) is 4.12. The maximum atomic E-state index is 6.75. The van der Waals surface area contributed by atoms with Gasteiger partial charge in [0.05, 0.1) is 12.2 Å². The van der Waals surface area contributed by atoms with Gasteiger partial charge in [-0.05, 0) is 99.2 Å². The van der Waals surface area contributed by atoms with Crippen molar-refractivity contribution < 1.29 is 43.0 Å². The molecule has 0 amide bonds. The number of rotatable bonds is 2. The van der Waals surface area contributed by atoms with Crippen LogP contribution in [-0.2, 0) is 43.0 Å². The normalized spacial score (nSPS) is 51.5. The van der Waals surface area contributed by atoms with Crippen LogP contribution in [-0.4, -0.2) is 24.0 Å². The maximum Gasteiger partial charge on any atom is 0.163 e. The molecule has 1 saturated heterocycles. The first-order valence-corrected chi connectivity index (χ1v) is 12.5. The molecule has 32 heavy (non-hydrogen) atoms. The number of nitrogens with two attached hydrogens (primary N) is 1. The van der Waals surface area contributed by atoms with Crippen LogP contribution in [0, 0.1) is 60.7 Å². The van der Waals surface area contributed by atoms with Crippen molar-refractivity contribution in [2.75, 3.05) is 0 Å². The van der Waals surface area contributed by atoms with Crippen LogP contribution in [0.4, 0.5) is 0 Å². The molecule has 5 heteroatoms. The van der Waals surface area contributed by atoms with Crippen LogP contribution in [0.2, 0.25) is 0 Å². The van der Waals surface area contributed by atoms with Gasteiger partial charge in [0.25, 0.3) is 0 Å². The molecule has 3 nitrogen and oxygen atoms in total. The molecular weight excluding hydrogens is 488 g/mol. The van der Waals surface area contributed by atoms with Crippen LogP contribution in [0.15, 0.2) is 0 Å². The van der Waals surface area contributed by atoms with E-state index in [4.69, 9.17) is 15.2 Å². The van der Waals surface area contributed by atoms with Gasteiger partial charge in [0.15, 0.2) is 5.79 Å². The van der Waals surface area contributed by atoms with E-state index in [0.717, 1.165) is 36.5 Å². The monoisotopic (exact) mass is 535 g/mol. The molecule has 4 saturated carbocycles. The van der Waals surface area contributed by atoms with E-state index >= 15 is 0 Å². The van der Waals surface area contributed by atoms with Crippen molar-refractivity contribution in [2.24, 2.45) is 52.1 Å². The molecule has 0 spiro atoms. The molecule has 4 aliphatic carbocycles. The van der Waals surface area contributed by atoms with Crippen LogP contribution in [0.25, 0.3) is 0 Å². The van der Waals surface area contributed by atoms with Crippen LogP contribution >= 0.6 is 0 Å². The smallest absolute Gasteiger partial charge is 0.163 e. The SMILES string of the molecule is [CH2-]C[C@@H](C)[C@H]1CCC2C3C(CC[C@@]21C)[C@@]1(C)CC[C@H](N)CC1[C@H]1OC(C)(C)O[C@H]31.[CH3-].[Co].[Co]. The van der Waals surface area contributed by atoms with Crippen molar-refractivity contribution in [3.63, 3.8) is 0 Å². The van der Waals surface area contributed by atoms with Gasteiger partial charge in [-0.1, -0.05) is 26.7 Å². The number of ether oxygens (including phenoxy) is 2. The molecule has 4 unspecified atom stereocenters. The Balaban J connectivity index is 0.00000121. The second kappa shape index (κ2) is 9.74. The minimum absolute atomic E-state index is 0. The zero-order chi connectivity index (χ0) is 20.8. The number of hydrogen-bond acceptors (Lipinski definition) is 3. The number of fused-ring (bicyclic) bond motifs is 8. The summed E-state index contributed by atoms with van der Waals surface area (Å²) in [5.41, 5.74) is 7.31. The van der Waals surface area contributed by atoms with E-state index in [1.165, 1.54) is 38.5 Å². The van der Waals surface area contributed by atoms with E-state index in [2.05, 4.69) is 41.5 Å².